The van der Waals surface area contributed by atoms with E-state index >= 15 is 0 Å². The molecule has 0 saturated heterocycles. The van der Waals surface area contributed by atoms with Crippen LogP contribution in [0, 0.1) is 24.0 Å². The molecular weight excluding hydrogens is 446 g/mol. The van der Waals surface area contributed by atoms with E-state index in [1.807, 2.05) is 42.6 Å². The van der Waals surface area contributed by atoms with Crippen molar-refractivity contribution in [1.29, 1.82) is 0 Å². The van der Waals surface area contributed by atoms with Gasteiger partial charge in [-0.3, -0.25) is 15.5 Å². The van der Waals surface area contributed by atoms with E-state index in [4.69, 9.17) is 0 Å². The largest absolute Gasteiger partial charge is 0.318 e. The number of non-ortho nitro benzene ring substituents is 1. The van der Waals surface area contributed by atoms with Crippen LogP contribution >= 0.6 is 11.3 Å². The molecule has 2 heterocycles. The molecule has 0 saturated carbocycles. The molecule has 0 fully saturated rings. The van der Waals surface area contributed by atoms with Crippen LogP contribution in [0.3, 0.4) is 0 Å². The van der Waals surface area contributed by atoms with Crippen LogP contribution in [0.4, 0.5) is 10.8 Å². The van der Waals surface area contributed by atoms with Crippen molar-refractivity contribution < 1.29 is 4.92 Å². The molecule has 0 radical (unpaired) electrons. The third-order valence-corrected chi connectivity index (χ3v) is 6.61. The predicted molar refractivity (Wildman–Crippen MR) is 138 cm³/mol. The number of hydrogen-bond acceptors (Lipinski definition) is 6. The number of nitrogens with zero attached hydrogens (tertiary/aromatic N) is 4. The fourth-order valence-corrected chi connectivity index (χ4v) is 4.79. The van der Waals surface area contributed by atoms with Crippen LogP contribution in [-0.4, -0.2) is 20.7 Å². The Morgan fingerprint density at radius 1 is 1.00 bits per heavy atom. The van der Waals surface area contributed by atoms with E-state index in [9.17, 15) is 10.1 Å². The Morgan fingerprint density at radius 2 is 1.68 bits per heavy atom. The highest BCUT2D eigenvalue weighted by Crippen LogP contribution is 2.27. The van der Waals surface area contributed by atoms with Gasteiger partial charge in [-0.25, -0.2) is 4.98 Å². The monoisotopic (exact) mass is 467 g/mol. The highest BCUT2D eigenvalue weighted by molar-refractivity contribution is 7.22. The van der Waals surface area contributed by atoms with Gasteiger partial charge in [-0.15, -0.1) is 0 Å². The summed E-state index contributed by atoms with van der Waals surface area (Å²) in [6.45, 7) is 4.13. The molecule has 3 aromatic carbocycles. The van der Waals surface area contributed by atoms with E-state index in [1.165, 1.54) is 12.1 Å². The number of para-hydroxylation sites is 1. The van der Waals surface area contributed by atoms with Crippen LogP contribution in [0.25, 0.3) is 27.0 Å². The standard InChI is InChI=1S/C26H21N5O2S/c1-17-15-21(16-27-29-26-28-24-5-3-4-6-25(24)34-26)18(2)30(17)22-11-7-19(8-12-22)20-9-13-23(14-10-20)31(32)33/h3-16H,1-2H3,(H,28,29)/b27-16-. The molecule has 0 spiro atoms. The molecule has 0 bridgehead atoms. The van der Waals surface area contributed by atoms with Crippen molar-refractivity contribution in [2.45, 2.75) is 13.8 Å². The highest BCUT2D eigenvalue weighted by atomic mass is 32.1. The minimum atomic E-state index is -0.389. The number of anilines is 1. The first-order valence-corrected chi connectivity index (χ1v) is 11.5. The summed E-state index contributed by atoms with van der Waals surface area (Å²) in [5.41, 5.74) is 10.3. The lowest BCUT2D eigenvalue weighted by Crippen LogP contribution is -1.99. The van der Waals surface area contributed by atoms with Gasteiger partial charge in [0.05, 0.1) is 21.4 Å². The molecule has 0 amide bonds. The quantitative estimate of drug-likeness (QED) is 0.171. The van der Waals surface area contributed by atoms with E-state index in [2.05, 4.69) is 52.1 Å². The van der Waals surface area contributed by atoms with Crippen LogP contribution in [-0.2, 0) is 0 Å². The number of fused-ring (bicyclic) bond motifs is 1. The third kappa shape index (κ3) is 4.18. The van der Waals surface area contributed by atoms with Crippen molar-refractivity contribution in [2.24, 2.45) is 5.10 Å². The van der Waals surface area contributed by atoms with Gasteiger partial charge in [0, 0.05) is 34.8 Å². The first kappa shape index (κ1) is 21.5. The molecule has 0 aliphatic heterocycles. The molecule has 0 aliphatic carbocycles. The predicted octanol–water partition coefficient (Wildman–Crippen LogP) is 6.73. The van der Waals surface area contributed by atoms with Gasteiger partial charge in [0.1, 0.15) is 0 Å². The number of hydrazone groups is 1. The van der Waals surface area contributed by atoms with Crippen LogP contribution < -0.4 is 5.43 Å². The van der Waals surface area contributed by atoms with Gasteiger partial charge in [0.2, 0.25) is 5.13 Å². The Kier molecular flexibility index (Phi) is 5.65. The maximum atomic E-state index is 10.9. The number of hydrogen-bond donors (Lipinski definition) is 1. The first-order valence-electron chi connectivity index (χ1n) is 10.7. The SMILES string of the molecule is Cc1cc(/C=N\Nc2nc3ccccc3s2)c(C)n1-c1ccc(-c2ccc([N+](=O)[O-])cc2)cc1. The Labute approximate surface area is 200 Å². The minimum absolute atomic E-state index is 0.0887. The van der Waals surface area contributed by atoms with E-state index in [0.29, 0.717) is 0 Å². The first-order chi connectivity index (χ1) is 16.5. The van der Waals surface area contributed by atoms with Gasteiger partial charge < -0.3 is 4.57 Å². The Balaban J connectivity index is 1.34. The van der Waals surface area contributed by atoms with Gasteiger partial charge in [-0.05, 0) is 67.4 Å². The third-order valence-electron chi connectivity index (χ3n) is 5.66. The summed E-state index contributed by atoms with van der Waals surface area (Å²) in [7, 11) is 0. The summed E-state index contributed by atoms with van der Waals surface area (Å²) in [5, 5.41) is 16.0. The maximum Gasteiger partial charge on any atom is 0.269 e. The second kappa shape index (κ2) is 8.92. The van der Waals surface area contributed by atoms with Crippen molar-refractivity contribution in [2.75, 3.05) is 5.43 Å². The number of nitrogens with one attached hydrogen (secondary N) is 1. The second-order valence-electron chi connectivity index (χ2n) is 7.87. The van der Waals surface area contributed by atoms with Crippen molar-refractivity contribution in [3.63, 3.8) is 0 Å². The van der Waals surface area contributed by atoms with E-state index in [0.717, 1.165) is 49.1 Å². The van der Waals surface area contributed by atoms with Gasteiger partial charge in [-0.1, -0.05) is 35.6 Å². The molecular formula is C26H21N5O2S. The lowest BCUT2D eigenvalue weighted by atomic mass is 10.0. The summed E-state index contributed by atoms with van der Waals surface area (Å²) in [4.78, 5) is 15.0. The normalized spacial score (nSPS) is 11.4. The number of nitro groups is 1. The summed E-state index contributed by atoms with van der Waals surface area (Å²) in [6, 6.07) is 24.9. The molecule has 5 rings (SSSR count). The molecule has 0 aliphatic rings. The second-order valence-corrected chi connectivity index (χ2v) is 8.90. The van der Waals surface area contributed by atoms with Crippen LogP contribution in [0.2, 0.25) is 0 Å². The summed E-state index contributed by atoms with van der Waals surface area (Å²) in [6.07, 6.45) is 1.82. The molecule has 0 atom stereocenters. The Hall–Kier alpha value is -4.30. The van der Waals surface area contributed by atoms with Gasteiger partial charge in [0.15, 0.2) is 0 Å². The zero-order valence-electron chi connectivity index (χ0n) is 18.6. The summed E-state index contributed by atoms with van der Waals surface area (Å²) in [5.74, 6) is 0. The van der Waals surface area contributed by atoms with Crippen molar-refractivity contribution >= 4 is 38.6 Å². The van der Waals surface area contributed by atoms with Crippen LogP contribution in [0.5, 0.6) is 0 Å². The Bertz CT molecular complexity index is 1480. The molecule has 7 nitrogen and oxygen atoms in total. The number of thiazole rings is 1. The lowest BCUT2D eigenvalue weighted by Gasteiger charge is -2.11. The zero-order chi connectivity index (χ0) is 23.7. The maximum absolute atomic E-state index is 10.9. The number of benzene rings is 3. The number of aromatic nitrogens is 2. The van der Waals surface area contributed by atoms with Crippen LogP contribution in [0.15, 0.2) is 84.0 Å². The van der Waals surface area contributed by atoms with E-state index < -0.39 is 0 Å². The lowest BCUT2D eigenvalue weighted by molar-refractivity contribution is -0.384. The van der Waals surface area contributed by atoms with Gasteiger partial charge in [0.25, 0.3) is 5.69 Å². The molecule has 0 unspecified atom stereocenters. The van der Waals surface area contributed by atoms with E-state index in [1.54, 1.807) is 23.5 Å². The van der Waals surface area contributed by atoms with Gasteiger partial charge in [-0.2, -0.15) is 5.10 Å². The number of rotatable bonds is 6. The molecule has 8 heteroatoms. The number of aryl methyl sites for hydroxylation is 1. The topological polar surface area (TPSA) is 85.3 Å². The molecule has 34 heavy (non-hydrogen) atoms. The summed E-state index contributed by atoms with van der Waals surface area (Å²) >= 11 is 1.57. The fraction of sp³-hybridized carbons (Fsp3) is 0.0769. The zero-order valence-corrected chi connectivity index (χ0v) is 19.4. The fourth-order valence-electron chi connectivity index (χ4n) is 3.97. The van der Waals surface area contributed by atoms with E-state index in [-0.39, 0.29) is 10.6 Å². The Morgan fingerprint density at radius 3 is 2.35 bits per heavy atom. The molecule has 2 aromatic heterocycles. The molecule has 1 N–H and O–H groups in total. The average molecular weight is 468 g/mol. The average Bonchev–Trinajstić information content (AvgIpc) is 3.39. The van der Waals surface area contributed by atoms with Crippen molar-refractivity contribution in [1.82, 2.24) is 9.55 Å². The molecule has 5 aromatic rings. The van der Waals surface area contributed by atoms with Gasteiger partial charge >= 0.3 is 0 Å². The smallest absolute Gasteiger partial charge is 0.269 e. The summed E-state index contributed by atoms with van der Waals surface area (Å²) < 4.78 is 3.30. The van der Waals surface area contributed by atoms with Crippen LogP contribution in [0.1, 0.15) is 17.0 Å². The number of nitro benzene ring substituents is 1. The highest BCUT2D eigenvalue weighted by Gasteiger charge is 2.11. The minimum Gasteiger partial charge on any atom is -0.318 e. The van der Waals surface area contributed by atoms with Crippen molar-refractivity contribution in [3.8, 4) is 16.8 Å². The van der Waals surface area contributed by atoms with Crippen molar-refractivity contribution in [3.05, 3.63) is 106 Å². The molecule has 168 valence electrons.